The van der Waals surface area contributed by atoms with Crippen LogP contribution in [0.4, 0.5) is 0 Å². The van der Waals surface area contributed by atoms with Gasteiger partial charge in [-0.15, -0.1) is 0 Å². The molecule has 33 heavy (non-hydrogen) atoms. The largest absolute Gasteiger partial charge is 0.496 e. The summed E-state index contributed by atoms with van der Waals surface area (Å²) < 4.78 is 7.47. The van der Waals surface area contributed by atoms with Crippen LogP contribution in [0.25, 0.3) is 0 Å². The zero-order chi connectivity index (χ0) is 23.4. The number of hydrogen-bond donors (Lipinski definition) is 1. The van der Waals surface area contributed by atoms with Crippen molar-refractivity contribution in [2.75, 3.05) is 26.7 Å². The molecule has 1 N–H and O–H groups in total. The fraction of sp³-hybridized carbons (Fsp3) is 0.385. The van der Waals surface area contributed by atoms with Gasteiger partial charge in [0.2, 0.25) is 0 Å². The number of amides is 1. The summed E-state index contributed by atoms with van der Waals surface area (Å²) >= 11 is 6.33. The molecule has 2 heterocycles. The van der Waals surface area contributed by atoms with Gasteiger partial charge in [0.15, 0.2) is 0 Å². The molecule has 0 bridgehead atoms. The Morgan fingerprint density at radius 1 is 1.12 bits per heavy atom. The van der Waals surface area contributed by atoms with Crippen molar-refractivity contribution in [3.63, 3.8) is 0 Å². The van der Waals surface area contributed by atoms with Crippen molar-refractivity contribution in [1.82, 2.24) is 20.0 Å². The van der Waals surface area contributed by atoms with Crippen molar-refractivity contribution < 1.29 is 9.53 Å². The van der Waals surface area contributed by atoms with Gasteiger partial charge in [0.05, 0.1) is 31.0 Å². The lowest BCUT2D eigenvalue weighted by Gasteiger charge is -2.29. The number of ether oxygens (including phenoxy) is 1. The second kappa shape index (κ2) is 10.4. The highest BCUT2D eigenvalue weighted by molar-refractivity contribution is 6.31. The number of para-hydroxylation sites is 1. The molecular formula is C26H31ClN4O2. The Bertz CT molecular complexity index is 1120. The summed E-state index contributed by atoms with van der Waals surface area (Å²) in [5, 5.41) is 8.50. The van der Waals surface area contributed by atoms with Crippen molar-refractivity contribution >= 4 is 17.5 Å². The van der Waals surface area contributed by atoms with Gasteiger partial charge in [0.1, 0.15) is 5.75 Å². The first-order valence-corrected chi connectivity index (χ1v) is 11.8. The van der Waals surface area contributed by atoms with E-state index in [1.54, 1.807) is 7.11 Å². The second-order valence-electron chi connectivity index (χ2n) is 8.51. The Labute approximate surface area is 200 Å². The molecule has 6 nitrogen and oxygen atoms in total. The Hall–Kier alpha value is -2.83. The summed E-state index contributed by atoms with van der Waals surface area (Å²) in [6, 6.07) is 15.8. The summed E-state index contributed by atoms with van der Waals surface area (Å²) in [5.74, 6) is 0.748. The smallest absolute Gasteiger partial charge is 0.255 e. The fourth-order valence-electron chi connectivity index (χ4n) is 4.68. The predicted molar refractivity (Wildman–Crippen MR) is 131 cm³/mol. The lowest BCUT2D eigenvalue weighted by Crippen LogP contribution is -2.37. The van der Waals surface area contributed by atoms with E-state index in [1.165, 1.54) is 12.8 Å². The first-order chi connectivity index (χ1) is 16.0. The van der Waals surface area contributed by atoms with E-state index in [0.717, 1.165) is 35.7 Å². The number of likely N-dealkylation sites (tertiary alicyclic amines) is 1. The first-order valence-electron chi connectivity index (χ1n) is 11.4. The van der Waals surface area contributed by atoms with Crippen molar-refractivity contribution in [3.8, 4) is 5.75 Å². The number of aryl methyl sites for hydroxylation is 1. The van der Waals surface area contributed by atoms with Crippen molar-refractivity contribution in [1.29, 1.82) is 0 Å². The topological polar surface area (TPSA) is 59.4 Å². The van der Waals surface area contributed by atoms with E-state index in [9.17, 15) is 4.79 Å². The number of halogens is 1. The van der Waals surface area contributed by atoms with E-state index >= 15 is 0 Å². The van der Waals surface area contributed by atoms with Gasteiger partial charge in [-0.2, -0.15) is 5.10 Å². The van der Waals surface area contributed by atoms with E-state index in [-0.39, 0.29) is 11.9 Å². The van der Waals surface area contributed by atoms with Crippen LogP contribution in [0.1, 0.15) is 51.8 Å². The number of nitrogens with zero attached hydrogens (tertiary/aromatic N) is 3. The predicted octanol–water partition coefficient (Wildman–Crippen LogP) is 4.78. The van der Waals surface area contributed by atoms with Crippen molar-refractivity contribution in [2.45, 2.75) is 39.3 Å². The summed E-state index contributed by atoms with van der Waals surface area (Å²) in [7, 11) is 1.69. The van der Waals surface area contributed by atoms with Crippen LogP contribution in [-0.4, -0.2) is 47.3 Å². The van der Waals surface area contributed by atoms with Gasteiger partial charge in [-0.1, -0.05) is 48.0 Å². The molecule has 0 radical (unpaired) electrons. The third-order valence-corrected chi connectivity index (χ3v) is 6.79. The van der Waals surface area contributed by atoms with Gasteiger partial charge >= 0.3 is 0 Å². The van der Waals surface area contributed by atoms with Crippen LogP contribution < -0.4 is 10.1 Å². The van der Waals surface area contributed by atoms with Crippen LogP contribution >= 0.6 is 11.6 Å². The number of nitrogens with one attached hydrogen (secondary N) is 1. The molecule has 0 aliphatic carbocycles. The van der Waals surface area contributed by atoms with Gasteiger partial charge in [-0.3, -0.25) is 14.4 Å². The molecular weight excluding hydrogens is 436 g/mol. The molecule has 1 aliphatic heterocycles. The Morgan fingerprint density at radius 2 is 1.82 bits per heavy atom. The van der Waals surface area contributed by atoms with E-state index < -0.39 is 0 Å². The molecule has 0 spiro atoms. The molecule has 7 heteroatoms. The summed E-state index contributed by atoms with van der Waals surface area (Å²) in [6.07, 6.45) is 2.35. The molecule has 1 aliphatic rings. The highest BCUT2D eigenvalue weighted by Gasteiger charge is 2.27. The van der Waals surface area contributed by atoms with Crippen LogP contribution in [0.15, 0.2) is 48.5 Å². The molecule has 2 aromatic carbocycles. The molecule has 1 saturated heterocycles. The number of carbonyl (C=O) groups is 1. The van der Waals surface area contributed by atoms with Crippen LogP contribution in [0.3, 0.4) is 0 Å². The van der Waals surface area contributed by atoms with Gasteiger partial charge in [0.25, 0.3) is 5.91 Å². The van der Waals surface area contributed by atoms with E-state index in [0.29, 0.717) is 29.4 Å². The average Bonchev–Trinajstić information content (AvgIpc) is 3.44. The molecule has 1 amide bonds. The summed E-state index contributed by atoms with van der Waals surface area (Å²) in [5.41, 5.74) is 4.25. The molecule has 3 aromatic rings. The molecule has 1 aromatic heterocycles. The van der Waals surface area contributed by atoms with Crippen LogP contribution in [0.2, 0.25) is 5.02 Å². The van der Waals surface area contributed by atoms with Crippen molar-refractivity contribution in [3.05, 3.63) is 81.6 Å². The molecule has 4 rings (SSSR count). The van der Waals surface area contributed by atoms with Gasteiger partial charge in [-0.05, 0) is 57.5 Å². The maximum absolute atomic E-state index is 13.3. The quantitative estimate of drug-likeness (QED) is 0.519. The third kappa shape index (κ3) is 5.07. The SMILES string of the molecule is COc1ccccc1C(CNC(=O)c1c(C)nn(Cc2ccccc2Cl)c1C)N1CCCC1. The molecule has 1 fully saturated rings. The number of benzene rings is 2. The molecule has 1 atom stereocenters. The number of aromatic nitrogens is 2. The van der Waals surface area contributed by atoms with Gasteiger partial charge < -0.3 is 10.1 Å². The maximum Gasteiger partial charge on any atom is 0.255 e. The van der Waals surface area contributed by atoms with Gasteiger partial charge in [0, 0.05) is 22.8 Å². The molecule has 174 valence electrons. The van der Waals surface area contributed by atoms with Crippen LogP contribution in [-0.2, 0) is 6.54 Å². The van der Waals surface area contributed by atoms with Crippen LogP contribution in [0, 0.1) is 13.8 Å². The molecule has 0 saturated carbocycles. The fourth-order valence-corrected chi connectivity index (χ4v) is 4.87. The highest BCUT2D eigenvalue weighted by Crippen LogP contribution is 2.31. The Balaban J connectivity index is 1.53. The molecule has 1 unspecified atom stereocenters. The van der Waals surface area contributed by atoms with Gasteiger partial charge in [-0.25, -0.2) is 0 Å². The zero-order valence-electron chi connectivity index (χ0n) is 19.5. The highest BCUT2D eigenvalue weighted by atomic mass is 35.5. The lowest BCUT2D eigenvalue weighted by atomic mass is 10.0. The minimum atomic E-state index is -0.102. The Morgan fingerprint density at radius 3 is 2.55 bits per heavy atom. The van der Waals surface area contributed by atoms with Crippen molar-refractivity contribution in [2.24, 2.45) is 0 Å². The average molecular weight is 467 g/mol. The number of methoxy groups -OCH3 is 1. The van der Waals surface area contributed by atoms with Crippen LogP contribution in [0.5, 0.6) is 5.75 Å². The van der Waals surface area contributed by atoms with E-state index in [2.05, 4.69) is 21.4 Å². The minimum Gasteiger partial charge on any atom is -0.496 e. The summed E-state index contributed by atoms with van der Waals surface area (Å²) in [4.78, 5) is 15.7. The standard InChI is InChI=1S/C26H31ClN4O2/c1-18-25(19(2)31(29-18)17-20-10-4-6-12-22(20)27)26(32)28-16-23(30-14-8-9-15-30)21-11-5-7-13-24(21)33-3/h4-7,10-13,23H,8-9,14-17H2,1-3H3,(H,28,32). The number of carbonyl (C=O) groups excluding carboxylic acids is 1. The third-order valence-electron chi connectivity index (χ3n) is 6.42. The van der Waals surface area contributed by atoms with E-state index in [4.69, 9.17) is 16.3 Å². The maximum atomic E-state index is 13.3. The summed E-state index contributed by atoms with van der Waals surface area (Å²) in [6.45, 7) is 6.89. The zero-order valence-corrected chi connectivity index (χ0v) is 20.2. The second-order valence-corrected chi connectivity index (χ2v) is 8.91. The lowest BCUT2D eigenvalue weighted by molar-refractivity contribution is 0.0936. The monoisotopic (exact) mass is 466 g/mol. The Kier molecular flexibility index (Phi) is 7.36. The number of rotatable bonds is 8. The normalized spacial score (nSPS) is 14.9. The minimum absolute atomic E-state index is 0.0615. The number of hydrogen-bond acceptors (Lipinski definition) is 4. The first kappa shape index (κ1) is 23.3. The van der Waals surface area contributed by atoms with E-state index in [1.807, 2.05) is 61.0 Å².